The van der Waals surface area contributed by atoms with Crippen LogP contribution in [-0.2, 0) is 9.53 Å². The van der Waals surface area contributed by atoms with Gasteiger partial charge in [-0.15, -0.1) is 0 Å². The van der Waals surface area contributed by atoms with Gasteiger partial charge in [-0.05, 0) is 51.0 Å². The van der Waals surface area contributed by atoms with Crippen LogP contribution in [0.15, 0.2) is 48.5 Å². The van der Waals surface area contributed by atoms with Gasteiger partial charge in [0.15, 0.2) is 6.10 Å². The normalized spacial score (nSPS) is 11.9. The molecule has 30 heavy (non-hydrogen) atoms. The zero-order valence-electron chi connectivity index (χ0n) is 18.1. The van der Waals surface area contributed by atoms with Crippen LogP contribution in [0.25, 0.3) is 10.9 Å². The minimum Gasteiger partial charge on any atom is -0.479 e. The quantitative estimate of drug-likeness (QED) is 0.454. The molecule has 6 nitrogen and oxygen atoms in total. The number of para-hydroxylation sites is 1. The van der Waals surface area contributed by atoms with Crippen molar-refractivity contribution in [1.82, 2.24) is 9.97 Å². The SMILES string of the molecule is CCCCC(Oc1cccc(N(C)c2nc(C)nc3ccccc23)c1)C(=O)OCC. The molecule has 1 unspecified atom stereocenters. The van der Waals surface area contributed by atoms with Crippen molar-refractivity contribution >= 4 is 28.4 Å². The molecule has 1 heterocycles. The molecule has 6 heteroatoms. The lowest BCUT2D eigenvalue weighted by Crippen LogP contribution is -2.29. The second-order valence-corrected chi connectivity index (χ2v) is 7.17. The molecule has 0 N–H and O–H groups in total. The number of hydrogen-bond acceptors (Lipinski definition) is 6. The molecule has 0 aliphatic heterocycles. The summed E-state index contributed by atoms with van der Waals surface area (Å²) in [5.41, 5.74) is 1.81. The van der Waals surface area contributed by atoms with Gasteiger partial charge in [-0.1, -0.05) is 31.5 Å². The third-order valence-electron chi connectivity index (χ3n) is 4.87. The number of esters is 1. The maximum absolute atomic E-state index is 12.3. The largest absolute Gasteiger partial charge is 0.479 e. The predicted molar refractivity (Wildman–Crippen MR) is 119 cm³/mol. The van der Waals surface area contributed by atoms with Gasteiger partial charge >= 0.3 is 5.97 Å². The zero-order valence-corrected chi connectivity index (χ0v) is 18.1. The lowest BCUT2D eigenvalue weighted by Gasteiger charge is -2.22. The number of rotatable bonds is 9. The van der Waals surface area contributed by atoms with Crippen LogP contribution in [0.3, 0.4) is 0 Å². The highest BCUT2D eigenvalue weighted by molar-refractivity contribution is 5.91. The maximum Gasteiger partial charge on any atom is 0.347 e. The highest BCUT2D eigenvalue weighted by atomic mass is 16.6. The highest BCUT2D eigenvalue weighted by Crippen LogP contribution is 2.31. The van der Waals surface area contributed by atoms with Gasteiger partial charge in [-0.25, -0.2) is 14.8 Å². The Balaban J connectivity index is 1.88. The van der Waals surface area contributed by atoms with E-state index in [-0.39, 0.29) is 5.97 Å². The number of unbranched alkanes of at least 4 members (excludes halogenated alkanes) is 1. The van der Waals surface area contributed by atoms with Gasteiger partial charge in [-0.2, -0.15) is 0 Å². The number of carbonyl (C=O) groups excluding carboxylic acids is 1. The third-order valence-corrected chi connectivity index (χ3v) is 4.87. The zero-order chi connectivity index (χ0) is 21.5. The van der Waals surface area contributed by atoms with Gasteiger partial charge in [-0.3, -0.25) is 0 Å². The van der Waals surface area contributed by atoms with E-state index >= 15 is 0 Å². The molecule has 0 bridgehead atoms. The van der Waals surface area contributed by atoms with E-state index in [1.165, 1.54) is 0 Å². The van der Waals surface area contributed by atoms with Gasteiger partial charge in [0, 0.05) is 24.2 Å². The Morgan fingerprint density at radius 3 is 2.67 bits per heavy atom. The van der Waals surface area contributed by atoms with E-state index < -0.39 is 6.10 Å². The molecule has 0 radical (unpaired) electrons. The summed E-state index contributed by atoms with van der Waals surface area (Å²) < 4.78 is 11.2. The summed E-state index contributed by atoms with van der Waals surface area (Å²) in [6, 6.07) is 15.6. The van der Waals surface area contributed by atoms with Gasteiger partial charge in [0.25, 0.3) is 0 Å². The number of ether oxygens (including phenoxy) is 2. The fourth-order valence-corrected chi connectivity index (χ4v) is 3.33. The number of aryl methyl sites for hydroxylation is 1. The standard InChI is InChI=1S/C24H29N3O3/c1-5-7-15-22(24(28)29-6-2)30-19-12-10-11-18(16-19)27(4)23-20-13-8-9-14-21(20)25-17(3)26-23/h8-14,16,22H,5-7,15H2,1-4H3. The van der Waals surface area contributed by atoms with Crippen LogP contribution in [0.1, 0.15) is 38.9 Å². The second-order valence-electron chi connectivity index (χ2n) is 7.17. The summed E-state index contributed by atoms with van der Waals surface area (Å²) in [5, 5.41) is 0.976. The number of benzene rings is 2. The predicted octanol–water partition coefficient (Wildman–Crippen LogP) is 5.21. The summed E-state index contributed by atoms with van der Waals surface area (Å²) in [5.74, 6) is 1.85. The van der Waals surface area contributed by atoms with Crippen molar-refractivity contribution in [3.05, 3.63) is 54.4 Å². The molecule has 1 aromatic heterocycles. The lowest BCUT2D eigenvalue weighted by molar-refractivity contribution is -0.151. The smallest absolute Gasteiger partial charge is 0.347 e. The molecule has 2 aromatic carbocycles. The van der Waals surface area contributed by atoms with Gasteiger partial charge < -0.3 is 14.4 Å². The molecule has 0 aliphatic rings. The van der Waals surface area contributed by atoms with Crippen LogP contribution in [0.4, 0.5) is 11.5 Å². The Morgan fingerprint density at radius 1 is 1.10 bits per heavy atom. The lowest BCUT2D eigenvalue weighted by atomic mass is 10.1. The molecule has 0 saturated carbocycles. The molecule has 0 amide bonds. The maximum atomic E-state index is 12.3. The van der Waals surface area contributed by atoms with Gasteiger partial charge in [0.05, 0.1) is 12.1 Å². The Kier molecular flexibility index (Phi) is 7.22. The van der Waals surface area contributed by atoms with Gasteiger partial charge in [0.1, 0.15) is 17.4 Å². The van der Waals surface area contributed by atoms with E-state index in [2.05, 4.69) is 16.9 Å². The first-order valence-corrected chi connectivity index (χ1v) is 10.4. The second kappa shape index (κ2) is 10.1. The summed E-state index contributed by atoms with van der Waals surface area (Å²) in [6.45, 7) is 6.12. The van der Waals surface area contributed by atoms with Crippen LogP contribution >= 0.6 is 0 Å². The molecule has 158 valence electrons. The van der Waals surface area contributed by atoms with E-state index in [1.54, 1.807) is 6.92 Å². The first kappa shape index (κ1) is 21.6. The summed E-state index contributed by atoms with van der Waals surface area (Å²) >= 11 is 0. The van der Waals surface area contributed by atoms with Crippen molar-refractivity contribution < 1.29 is 14.3 Å². The fraction of sp³-hybridized carbons (Fsp3) is 0.375. The molecule has 1 atom stereocenters. The summed E-state index contributed by atoms with van der Waals surface area (Å²) in [6.07, 6.45) is 1.91. The number of nitrogens with zero attached hydrogens (tertiary/aromatic N) is 3. The van der Waals surface area contributed by atoms with Crippen LogP contribution in [-0.4, -0.2) is 35.7 Å². The topological polar surface area (TPSA) is 64.5 Å². The molecule has 3 aromatic rings. The molecule has 0 saturated heterocycles. The van der Waals surface area contributed by atoms with E-state index in [0.29, 0.717) is 24.6 Å². The van der Waals surface area contributed by atoms with Crippen molar-refractivity contribution in [2.24, 2.45) is 0 Å². The number of aromatic nitrogens is 2. The van der Waals surface area contributed by atoms with E-state index in [0.717, 1.165) is 35.2 Å². The fourth-order valence-electron chi connectivity index (χ4n) is 3.33. The van der Waals surface area contributed by atoms with E-state index in [4.69, 9.17) is 9.47 Å². The Hall–Kier alpha value is -3.15. The van der Waals surface area contributed by atoms with E-state index in [9.17, 15) is 4.79 Å². The molecule has 0 aliphatic carbocycles. The van der Waals surface area contributed by atoms with E-state index in [1.807, 2.05) is 67.4 Å². The Morgan fingerprint density at radius 2 is 1.90 bits per heavy atom. The molecule has 3 rings (SSSR count). The van der Waals surface area contributed by atoms with Crippen molar-refractivity contribution in [3.63, 3.8) is 0 Å². The minimum atomic E-state index is -0.604. The molecular formula is C24H29N3O3. The van der Waals surface area contributed by atoms with Crippen LogP contribution in [0, 0.1) is 6.92 Å². The number of fused-ring (bicyclic) bond motifs is 1. The molecule has 0 spiro atoms. The highest BCUT2D eigenvalue weighted by Gasteiger charge is 2.22. The average Bonchev–Trinajstić information content (AvgIpc) is 2.75. The first-order valence-electron chi connectivity index (χ1n) is 10.4. The molecular weight excluding hydrogens is 378 g/mol. The Labute approximate surface area is 177 Å². The summed E-state index contributed by atoms with van der Waals surface area (Å²) in [7, 11) is 1.97. The van der Waals surface area contributed by atoms with Crippen molar-refractivity contribution in [2.45, 2.75) is 46.1 Å². The van der Waals surface area contributed by atoms with Crippen LogP contribution in [0.5, 0.6) is 5.75 Å². The minimum absolute atomic E-state index is 0.317. The average molecular weight is 408 g/mol. The van der Waals surface area contributed by atoms with Crippen LogP contribution in [0.2, 0.25) is 0 Å². The Bertz CT molecular complexity index is 1010. The van der Waals surface area contributed by atoms with Crippen molar-refractivity contribution in [3.8, 4) is 5.75 Å². The first-order chi connectivity index (χ1) is 14.5. The van der Waals surface area contributed by atoms with Crippen molar-refractivity contribution in [1.29, 1.82) is 0 Å². The van der Waals surface area contributed by atoms with Gasteiger partial charge in [0.2, 0.25) is 0 Å². The number of hydrogen-bond donors (Lipinski definition) is 0. The molecule has 0 fully saturated rings. The summed E-state index contributed by atoms with van der Waals surface area (Å²) in [4.78, 5) is 23.5. The third kappa shape index (κ3) is 5.06. The van der Waals surface area contributed by atoms with Crippen LogP contribution < -0.4 is 9.64 Å². The number of anilines is 2. The monoisotopic (exact) mass is 407 g/mol. The number of carbonyl (C=O) groups is 1. The van der Waals surface area contributed by atoms with Crippen molar-refractivity contribution in [2.75, 3.05) is 18.6 Å².